The van der Waals surface area contributed by atoms with Gasteiger partial charge in [0.05, 0.1) is 24.4 Å². The molecule has 178 valence electrons. The number of amides is 2. The molecule has 2 aromatic carbocycles. The van der Waals surface area contributed by atoms with Gasteiger partial charge in [-0.3, -0.25) is 9.59 Å². The summed E-state index contributed by atoms with van der Waals surface area (Å²) < 4.78 is 5.66. The number of hydrogen-bond donors (Lipinski definition) is 2. The lowest BCUT2D eigenvalue weighted by molar-refractivity contribution is -0.140. The van der Waals surface area contributed by atoms with Gasteiger partial charge in [-0.15, -0.1) is 0 Å². The van der Waals surface area contributed by atoms with E-state index in [1.807, 2.05) is 24.3 Å². The monoisotopic (exact) mass is 480 g/mol. The maximum Gasteiger partial charge on any atom is 0.407 e. The Morgan fingerprint density at radius 1 is 1.06 bits per heavy atom. The van der Waals surface area contributed by atoms with Crippen LogP contribution in [0.25, 0.3) is 11.1 Å². The van der Waals surface area contributed by atoms with E-state index in [1.54, 1.807) is 16.7 Å². The average molecular weight is 481 g/mol. The number of nitrogens with one attached hydrogen (secondary N) is 1. The minimum Gasteiger partial charge on any atom is -0.481 e. The summed E-state index contributed by atoms with van der Waals surface area (Å²) in [5, 5.41) is 12.1. The Morgan fingerprint density at radius 3 is 2.32 bits per heavy atom. The van der Waals surface area contributed by atoms with E-state index in [4.69, 9.17) is 4.74 Å². The zero-order valence-electron chi connectivity index (χ0n) is 18.9. The van der Waals surface area contributed by atoms with Crippen molar-refractivity contribution in [1.82, 2.24) is 10.2 Å². The lowest BCUT2D eigenvalue weighted by Gasteiger charge is -2.35. The molecule has 8 heteroatoms. The highest BCUT2D eigenvalue weighted by Crippen LogP contribution is 2.45. The first-order chi connectivity index (χ1) is 16.5. The molecule has 0 aromatic heterocycles. The number of thioether (sulfide) groups is 1. The minimum absolute atomic E-state index is 0.0161. The number of carbonyl (C=O) groups excluding carboxylic acids is 2. The van der Waals surface area contributed by atoms with Gasteiger partial charge in [0.15, 0.2) is 0 Å². The van der Waals surface area contributed by atoms with E-state index in [1.165, 1.54) is 11.1 Å². The zero-order chi connectivity index (χ0) is 23.7. The number of ether oxygens (including phenoxy) is 1. The summed E-state index contributed by atoms with van der Waals surface area (Å²) in [7, 11) is 0. The Labute approximate surface area is 202 Å². The van der Waals surface area contributed by atoms with E-state index in [2.05, 4.69) is 29.6 Å². The molecular weight excluding hydrogens is 452 g/mol. The highest BCUT2D eigenvalue weighted by molar-refractivity contribution is 7.99. The summed E-state index contributed by atoms with van der Waals surface area (Å²) in [6, 6.07) is 16.1. The topological polar surface area (TPSA) is 95.9 Å². The molecule has 1 saturated carbocycles. The number of hydrogen-bond acceptors (Lipinski definition) is 5. The van der Waals surface area contributed by atoms with Gasteiger partial charge in [0.2, 0.25) is 5.91 Å². The third-order valence-corrected chi connectivity index (χ3v) is 8.10. The molecule has 2 aliphatic carbocycles. The number of carbonyl (C=O) groups is 3. The van der Waals surface area contributed by atoms with Crippen molar-refractivity contribution in [3.05, 3.63) is 59.7 Å². The number of carboxylic acids is 1. The molecular formula is C26H28N2O5S. The van der Waals surface area contributed by atoms with E-state index >= 15 is 0 Å². The van der Waals surface area contributed by atoms with Gasteiger partial charge in [0.25, 0.3) is 0 Å². The van der Waals surface area contributed by atoms with Crippen LogP contribution in [0.4, 0.5) is 4.79 Å². The minimum atomic E-state index is -0.900. The van der Waals surface area contributed by atoms with Crippen molar-refractivity contribution in [3.63, 3.8) is 0 Å². The fourth-order valence-electron chi connectivity index (χ4n) is 5.09. The molecule has 3 aliphatic rings. The van der Waals surface area contributed by atoms with Gasteiger partial charge in [0.1, 0.15) is 6.61 Å². The Bertz CT molecular complexity index is 1070. The van der Waals surface area contributed by atoms with E-state index in [-0.39, 0.29) is 37.3 Å². The van der Waals surface area contributed by atoms with Crippen LogP contribution in [0.5, 0.6) is 0 Å². The highest BCUT2D eigenvalue weighted by atomic mass is 32.2. The molecule has 2 aromatic rings. The van der Waals surface area contributed by atoms with Crippen molar-refractivity contribution in [2.75, 3.05) is 24.7 Å². The molecule has 5 rings (SSSR count). The molecule has 7 nitrogen and oxygen atoms in total. The maximum atomic E-state index is 13.0. The first-order valence-electron chi connectivity index (χ1n) is 11.7. The Morgan fingerprint density at radius 2 is 1.71 bits per heavy atom. The SMILES string of the molecule is O=C(O)CC1CSCCN1C(=O)CC1(NC(=O)OCC2c3ccccc3-c3ccccc32)CC1. The highest BCUT2D eigenvalue weighted by Gasteiger charge is 2.48. The first-order valence-corrected chi connectivity index (χ1v) is 12.8. The number of nitrogens with zero attached hydrogens (tertiary/aromatic N) is 1. The first kappa shape index (κ1) is 22.8. The van der Waals surface area contributed by atoms with Crippen molar-refractivity contribution in [2.45, 2.75) is 43.2 Å². The van der Waals surface area contributed by atoms with Crippen molar-refractivity contribution >= 4 is 29.7 Å². The van der Waals surface area contributed by atoms with Gasteiger partial charge < -0.3 is 20.1 Å². The molecule has 0 radical (unpaired) electrons. The molecule has 2 N–H and O–H groups in total. The zero-order valence-corrected chi connectivity index (χ0v) is 19.7. The second kappa shape index (κ2) is 9.33. The molecule has 2 fully saturated rings. The van der Waals surface area contributed by atoms with Crippen LogP contribution in [0.1, 0.15) is 42.7 Å². The van der Waals surface area contributed by atoms with Gasteiger partial charge in [-0.2, -0.15) is 11.8 Å². The molecule has 1 atom stereocenters. The average Bonchev–Trinajstić information content (AvgIpc) is 3.49. The fraction of sp³-hybridized carbons (Fsp3) is 0.423. The third kappa shape index (κ3) is 4.64. The Balaban J connectivity index is 1.19. The van der Waals surface area contributed by atoms with Crippen molar-refractivity contribution < 1.29 is 24.2 Å². The number of carboxylic acid groups (broad SMARTS) is 1. The maximum absolute atomic E-state index is 13.0. The smallest absolute Gasteiger partial charge is 0.407 e. The van der Waals surface area contributed by atoms with Crippen LogP contribution in [0.15, 0.2) is 48.5 Å². The summed E-state index contributed by atoms with van der Waals surface area (Å²) in [5.74, 6) is 0.420. The second-order valence-electron chi connectivity index (χ2n) is 9.32. The number of benzene rings is 2. The largest absolute Gasteiger partial charge is 0.481 e. The quantitative estimate of drug-likeness (QED) is 0.625. The normalized spacial score (nSPS) is 20.2. The molecule has 1 aliphatic heterocycles. The predicted octanol–water partition coefficient (Wildman–Crippen LogP) is 3.87. The van der Waals surface area contributed by atoms with Crippen LogP contribution < -0.4 is 5.32 Å². The lowest BCUT2D eigenvalue weighted by atomic mass is 9.98. The number of fused-ring (bicyclic) bond motifs is 3. The number of aliphatic carboxylic acids is 1. The van der Waals surface area contributed by atoms with Gasteiger partial charge >= 0.3 is 12.1 Å². The molecule has 1 unspecified atom stereocenters. The summed E-state index contributed by atoms with van der Waals surface area (Å²) in [6.07, 6.45) is 1.05. The molecule has 2 amide bonds. The number of rotatable bonds is 7. The standard InChI is InChI=1S/C26H28N2O5S/c29-23(28-11-12-34-16-17(28)13-24(30)31)14-26(9-10-26)27-25(32)33-15-22-20-7-3-1-5-18(20)19-6-2-4-8-21(19)22/h1-8,17,22H,9-16H2,(H,27,32)(H,30,31). The molecule has 0 bridgehead atoms. The second-order valence-corrected chi connectivity index (χ2v) is 10.5. The van der Waals surface area contributed by atoms with Crippen LogP contribution in [0, 0.1) is 0 Å². The van der Waals surface area contributed by atoms with Crippen LogP contribution in [0.2, 0.25) is 0 Å². The number of alkyl carbamates (subject to hydrolysis) is 1. The van der Waals surface area contributed by atoms with E-state index in [0.29, 0.717) is 12.3 Å². The van der Waals surface area contributed by atoms with Gasteiger partial charge in [0, 0.05) is 24.0 Å². The van der Waals surface area contributed by atoms with Gasteiger partial charge in [-0.05, 0) is 35.1 Å². The van der Waals surface area contributed by atoms with E-state index < -0.39 is 17.6 Å². The van der Waals surface area contributed by atoms with Crippen LogP contribution in [0.3, 0.4) is 0 Å². The third-order valence-electron chi connectivity index (χ3n) is 7.01. The van der Waals surface area contributed by atoms with Gasteiger partial charge in [-0.1, -0.05) is 48.5 Å². The molecule has 34 heavy (non-hydrogen) atoms. The van der Waals surface area contributed by atoms with Crippen LogP contribution >= 0.6 is 11.8 Å². The summed E-state index contributed by atoms with van der Waals surface area (Å²) in [5.41, 5.74) is 4.07. The summed E-state index contributed by atoms with van der Waals surface area (Å²) >= 11 is 1.67. The van der Waals surface area contributed by atoms with Crippen molar-refractivity contribution in [3.8, 4) is 11.1 Å². The molecule has 1 heterocycles. The lowest BCUT2D eigenvalue weighted by Crippen LogP contribution is -2.50. The Hall–Kier alpha value is -3.00. The van der Waals surface area contributed by atoms with E-state index in [9.17, 15) is 19.5 Å². The fourth-order valence-corrected chi connectivity index (χ4v) is 6.16. The molecule has 0 spiro atoms. The van der Waals surface area contributed by atoms with Crippen LogP contribution in [-0.2, 0) is 14.3 Å². The van der Waals surface area contributed by atoms with Crippen molar-refractivity contribution in [2.24, 2.45) is 0 Å². The van der Waals surface area contributed by atoms with Gasteiger partial charge in [-0.25, -0.2) is 4.79 Å². The Kier molecular flexibility index (Phi) is 6.25. The predicted molar refractivity (Wildman–Crippen MR) is 130 cm³/mol. The van der Waals surface area contributed by atoms with Crippen molar-refractivity contribution in [1.29, 1.82) is 0 Å². The van der Waals surface area contributed by atoms with E-state index in [0.717, 1.165) is 29.7 Å². The molecule has 1 saturated heterocycles. The summed E-state index contributed by atoms with van der Waals surface area (Å²) in [6.45, 7) is 0.774. The summed E-state index contributed by atoms with van der Waals surface area (Å²) in [4.78, 5) is 38.6. The van der Waals surface area contributed by atoms with Crippen LogP contribution in [-0.4, -0.2) is 64.2 Å².